The molecule has 0 bridgehead atoms. The molecular weight excluding hydrogens is 332 g/mol. The highest BCUT2D eigenvalue weighted by molar-refractivity contribution is 5.79. The standard InChI is InChI=1S/C19H32N4O3/c1-3-5-11-25-12-7-10-22-19(21-4-2)23-14-16-8-6-9-17(13-16)26-15-18(20)24/h6,8-9,13H,3-5,7,10-12,14-15H2,1-2H3,(H2,20,24)(H2,21,22,23). The second-order valence-electron chi connectivity index (χ2n) is 5.84. The summed E-state index contributed by atoms with van der Waals surface area (Å²) >= 11 is 0. The molecule has 7 nitrogen and oxygen atoms in total. The number of ether oxygens (including phenoxy) is 2. The Morgan fingerprint density at radius 1 is 1.19 bits per heavy atom. The highest BCUT2D eigenvalue weighted by Gasteiger charge is 2.01. The first kappa shape index (κ1) is 21.8. The van der Waals surface area contributed by atoms with Gasteiger partial charge in [0.15, 0.2) is 12.6 Å². The van der Waals surface area contributed by atoms with Gasteiger partial charge in [-0.05, 0) is 37.5 Å². The molecule has 0 aliphatic carbocycles. The van der Waals surface area contributed by atoms with Gasteiger partial charge in [-0.2, -0.15) is 0 Å². The molecule has 0 unspecified atom stereocenters. The van der Waals surface area contributed by atoms with E-state index in [1.807, 2.05) is 25.1 Å². The predicted octanol–water partition coefficient (Wildman–Crippen LogP) is 1.81. The maximum absolute atomic E-state index is 10.8. The monoisotopic (exact) mass is 364 g/mol. The van der Waals surface area contributed by atoms with E-state index >= 15 is 0 Å². The Labute approximate surface area is 156 Å². The van der Waals surface area contributed by atoms with Crippen LogP contribution < -0.4 is 21.1 Å². The van der Waals surface area contributed by atoms with E-state index in [-0.39, 0.29) is 6.61 Å². The number of guanidine groups is 1. The molecule has 0 radical (unpaired) electrons. The van der Waals surface area contributed by atoms with Crippen LogP contribution in [0.4, 0.5) is 0 Å². The Morgan fingerprint density at radius 3 is 2.73 bits per heavy atom. The van der Waals surface area contributed by atoms with Crippen molar-refractivity contribution in [2.45, 2.75) is 39.7 Å². The van der Waals surface area contributed by atoms with Gasteiger partial charge in [-0.1, -0.05) is 25.5 Å². The van der Waals surface area contributed by atoms with Crippen molar-refractivity contribution in [2.75, 3.05) is 32.9 Å². The molecule has 4 N–H and O–H groups in total. The normalized spacial score (nSPS) is 11.2. The smallest absolute Gasteiger partial charge is 0.255 e. The van der Waals surface area contributed by atoms with Gasteiger partial charge < -0.3 is 25.8 Å². The SMILES string of the molecule is CCCCOCCCNC(=NCc1cccc(OCC(N)=O)c1)NCC. The minimum absolute atomic E-state index is 0.128. The maximum atomic E-state index is 10.8. The van der Waals surface area contributed by atoms with Crippen LogP contribution in [0.5, 0.6) is 5.75 Å². The summed E-state index contributed by atoms with van der Waals surface area (Å²) in [6, 6.07) is 7.48. The molecule has 0 heterocycles. The summed E-state index contributed by atoms with van der Waals surface area (Å²) < 4.78 is 10.9. The number of amides is 1. The zero-order valence-corrected chi connectivity index (χ0v) is 15.9. The maximum Gasteiger partial charge on any atom is 0.255 e. The fourth-order valence-electron chi connectivity index (χ4n) is 2.13. The third-order valence-electron chi connectivity index (χ3n) is 3.44. The molecule has 26 heavy (non-hydrogen) atoms. The Kier molecular flexibility index (Phi) is 11.7. The van der Waals surface area contributed by atoms with Crippen LogP contribution in [0.1, 0.15) is 38.7 Å². The second kappa shape index (κ2) is 13.9. The lowest BCUT2D eigenvalue weighted by Gasteiger charge is -2.11. The number of rotatable bonds is 13. The van der Waals surface area contributed by atoms with Gasteiger partial charge in [0.05, 0.1) is 6.54 Å². The molecule has 0 atom stereocenters. The minimum atomic E-state index is -0.495. The Bertz CT molecular complexity index is 549. The van der Waals surface area contributed by atoms with Crippen molar-refractivity contribution in [3.05, 3.63) is 29.8 Å². The molecule has 146 valence electrons. The van der Waals surface area contributed by atoms with E-state index in [1.165, 1.54) is 0 Å². The second-order valence-corrected chi connectivity index (χ2v) is 5.84. The minimum Gasteiger partial charge on any atom is -0.484 e. The van der Waals surface area contributed by atoms with Crippen LogP contribution >= 0.6 is 0 Å². The summed E-state index contributed by atoms with van der Waals surface area (Å²) in [6.07, 6.45) is 3.20. The zero-order chi connectivity index (χ0) is 19.0. The molecule has 1 aromatic carbocycles. The van der Waals surface area contributed by atoms with Crippen molar-refractivity contribution in [3.8, 4) is 5.75 Å². The van der Waals surface area contributed by atoms with E-state index in [0.29, 0.717) is 12.3 Å². The average molecular weight is 364 g/mol. The Balaban J connectivity index is 2.42. The molecular formula is C19H32N4O3. The summed E-state index contributed by atoms with van der Waals surface area (Å²) in [4.78, 5) is 15.4. The summed E-state index contributed by atoms with van der Waals surface area (Å²) in [6.45, 7) is 7.76. The number of nitrogens with one attached hydrogen (secondary N) is 2. The van der Waals surface area contributed by atoms with Gasteiger partial charge in [-0.25, -0.2) is 4.99 Å². The van der Waals surface area contributed by atoms with E-state index in [2.05, 4.69) is 22.5 Å². The fourth-order valence-corrected chi connectivity index (χ4v) is 2.13. The molecule has 1 aromatic rings. The van der Waals surface area contributed by atoms with Gasteiger partial charge in [-0.15, -0.1) is 0 Å². The molecule has 0 fully saturated rings. The Morgan fingerprint density at radius 2 is 2.00 bits per heavy atom. The summed E-state index contributed by atoms with van der Waals surface area (Å²) in [7, 11) is 0. The molecule has 7 heteroatoms. The van der Waals surface area contributed by atoms with Gasteiger partial charge in [0.1, 0.15) is 5.75 Å². The van der Waals surface area contributed by atoms with Crippen molar-refractivity contribution in [3.63, 3.8) is 0 Å². The summed E-state index contributed by atoms with van der Waals surface area (Å²) in [5.74, 6) is 0.883. The molecule has 0 spiro atoms. The van der Waals surface area contributed by atoms with Crippen molar-refractivity contribution in [1.82, 2.24) is 10.6 Å². The van der Waals surface area contributed by atoms with Gasteiger partial charge in [-0.3, -0.25) is 4.79 Å². The third kappa shape index (κ3) is 10.6. The molecule has 0 aliphatic heterocycles. The molecule has 1 amide bonds. The topological polar surface area (TPSA) is 98.0 Å². The molecule has 0 saturated heterocycles. The number of unbranched alkanes of at least 4 members (excludes halogenated alkanes) is 1. The van der Waals surface area contributed by atoms with E-state index in [4.69, 9.17) is 15.2 Å². The van der Waals surface area contributed by atoms with Crippen molar-refractivity contribution in [2.24, 2.45) is 10.7 Å². The summed E-state index contributed by atoms with van der Waals surface area (Å²) in [5, 5.41) is 6.53. The highest BCUT2D eigenvalue weighted by Crippen LogP contribution is 2.13. The van der Waals surface area contributed by atoms with Gasteiger partial charge >= 0.3 is 0 Å². The van der Waals surface area contributed by atoms with Crippen LogP contribution in [0.2, 0.25) is 0 Å². The first-order valence-corrected chi connectivity index (χ1v) is 9.25. The van der Waals surface area contributed by atoms with Gasteiger partial charge in [0, 0.05) is 26.3 Å². The number of hydrogen-bond donors (Lipinski definition) is 3. The number of nitrogens with zero attached hydrogens (tertiary/aromatic N) is 1. The zero-order valence-electron chi connectivity index (χ0n) is 15.9. The quantitative estimate of drug-likeness (QED) is 0.282. The first-order valence-electron chi connectivity index (χ1n) is 9.25. The predicted molar refractivity (Wildman–Crippen MR) is 104 cm³/mol. The van der Waals surface area contributed by atoms with Crippen molar-refractivity contribution < 1.29 is 14.3 Å². The van der Waals surface area contributed by atoms with Crippen molar-refractivity contribution >= 4 is 11.9 Å². The van der Waals surface area contributed by atoms with Gasteiger partial charge in [0.2, 0.25) is 0 Å². The highest BCUT2D eigenvalue weighted by atomic mass is 16.5. The van der Waals surface area contributed by atoms with Crippen molar-refractivity contribution in [1.29, 1.82) is 0 Å². The van der Waals surface area contributed by atoms with Crippen LogP contribution in [-0.2, 0) is 16.1 Å². The Hall–Kier alpha value is -2.28. The number of hydrogen-bond acceptors (Lipinski definition) is 4. The van der Waals surface area contributed by atoms with E-state index in [0.717, 1.165) is 57.1 Å². The van der Waals surface area contributed by atoms with E-state index < -0.39 is 5.91 Å². The number of carbonyl (C=O) groups excluding carboxylic acids is 1. The number of primary amides is 1. The largest absolute Gasteiger partial charge is 0.484 e. The molecule has 0 saturated carbocycles. The molecule has 0 aromatic heterocycles. The van der Waals surface area contributed by atoms with E-state index in [1.54, 1.807) is 6.07 Å². The lowest BCUT2D eigenvalue weighted by atomic mass is 10.2. The number of aliphatic imine (C=N–C) groups is 1. The molecule has 1 rings (SSSR count). The number of carbonyl (C=O) groups is 1. The fraction of sp³-hybridized carbons (Fsp3) is 0.579. The van der Waals surface area contributed by atoms with Crippen LogP contribution in [-0.4, -0.2) is 44.8 Å². The van der Waals surface area contributed by atoms with Crippen LogP contribution in [0, 0.1) is 0 Å². The average Bonchev–Trinajstić information content (AvgIpc) is 2.64. The van der Waals surface area contributed by atoms with Crippen LogP contribution in [0.25, 0.3) is 0 Å². The third-order valence-corrected chi connectivity index (χ3v) is 3.44. The lowest BCUT2D eigenvalue weighted by Crippen LogP contribution is -2.38. The van der Waals surface area contributed by atoms with Crippen LogP contribution in [0.15, 0.2) is 29.3 Å². The van der Waals surface area contributed by atoms with E-state index in [9.17, 15) is 4.79 Å². The van der Waals surface area contributed by atoms with Gasteiger partial charge in [0.25, 0.3) is 5.91 Å². The first-order chi connectivity index (χ1) is 12.7. The van der Waals surface area contributed by atoms with Crippen LogP contribution in [0.3, 0.4) is 0 Å². The lowest BCUT2D eigenvalue weighted by molar-refractivity contribution is -0.119. The summed E-state index contributed by atoms with van der Waals surface area (Å²) in [5.41, 5.74) is 6.08. The molecule has 0 aliphatic rings. The number of benzene rings is 1. The number of nitrogens with two attached hydrogens (primary N) is 1.